The highest BCUT2D eigenvalue weighted by Crippen LogP contribution is 2.16. The second-order valence-corrected chi connectivity index (χ2v) is 6.38. The Morgan fingerprint density at radius 2 is 1.85 bits per heavy atom. The Morgan fingerprint density at radius 1 is 1.19 bits per heavy atom. The van der Waals surface area contributed by atoms with E-state index in [1.165, 1.54) is 23.2 Å². The molecule has 0 fully saturated rings. The van der Waals surface area contributed by atoms with Gasteiger partial charge >= 0.3 is 5.69 Å². The largest absolute Gasteiger partial charge is 0.348 e. The summed E-state index contributed by atoms with van der Waals surface area (Å²) in [5, 5.41) is 2.84. The molecular weight excluding hydrogens is 358 g/mol. The lowest BCUT2D eigenvalue weighted by Gasteiger charge is -2.15. The number of carbonyl (C=O) groups is 1. The predicted octanol–water partition coefficient (Wildman–Crippen LogP) is 0.964. The van der Waals surface area contributed by atoms with Crippen LogP contribution in [-0.4, -0.2) is 24.6 Å². The summed E-state index contributed by atoms with van der Waals surface area (Å²) < 4.78 is 3.50. The number of nitrogens with zero attached hydrogens (tertiary/aromatic N) is 4. The number of amides is 1. The molecule has 0 unspecified atom stereocenters. The second-order valence-electron chi connectivity index (χ2n) is 6.04. The maximum atomic E-state index is 12.5. The van der Waals surface area contributed by atoms with Crippen molar-refractivity contribution in [3.05, 3.63) is 62.0 Å². The van der Waals surface area contributed by atoms with Crippen molar-refractivity contribution in [1.29, 1.82) is 0 Å². The minimum absolute atomic E-state index is 0.0270. The summed E-state index contributed by atoms with van der Waals surface area (Å²) in [7, 11) is 2.86. The molecule has 0 aliphatic carbocycles. The van der Waals surface area contributed by atoms with E-state index in [1.807, 2.05) is 37.3 Å². The van der Waals surface area contributed by atoms with Crippen LogP contribution in [0.3, 0.4) is 0 Å². The highest BCUT2D eigenvalue weighted by atomic mass is 35.5. The summed E-state index contributed by atoms with van der Waals surface area (Å²) in [6.07, 6.45) is 0. The number of carbonyl (C=O) groups excluding carboxylic acids is 1. The summed E-state index contributed by atoms with van der Waals surface area (Å²) >= 11 is 6.12. The summed E-state index contributed by atoms with van der Waals surface area (Å²) in [6.45, 7) is 1.68. The Balaban J connectivity index is 1.94. The number of imidazole rings is 1. The molecule has 8 nitrogen and oxygen atoms in total. The van der Waals surface area contributed by atoms with Crippen LogP contribution in [0.5, 0.6) is 0 Å². The van der Waals surface area contributed by atoms with Gasteiger partial charge in [-0.2, -0.15) is 4.98 Å². The van der Waals surface area contributed by atoms with Crippen molar-refractivity contribution in [3.8, 4) is 0 Å². The highest BCUT2D eigenvalue weighted by molar-refractivity contribution is 6.29. The zero-order chi connectivity index (χ0) is 19.0. The number of nitrogens with one attached hydrogen (secondary N) is 1. The fourth-order valence-electron chi connectivity index (χ4n) is 2.82. The van der Waals surface area contributed by atoms with E-state index in [4.69, 9.17) is 11.6 Å². The zero-order valence-corrected chi connectivity index (χ0v) is 15.3. The third kappa shape index (κ3) is 3.03. The molecule has 2 heterocycles. The predicted molar refractivity (Wildman–Crippen MR) is 98.2 cm³/mol. The quantitative estimate of drug-likeness (QED) is 0.688. The summed E-state index contributed by atoms with van der Waals surface area (Å²) in [6, 6.07) is 9.30. The molecule has 2 aromatic heterocycles. The van der Waals surface area contributed by atoms with E-state index in [2.05, 4.69) is 10.3 Å². The number of hydrogen-bond acceptors (Lipinski definition) is 4. The summed E-state index contributed by atoms with van der Waals surface area (Å²) in [5.74, 6) is -0.321. The lowest BCUT2D eigenvalue weighted by atomic mass is 10.1. The number of fused-ring (bicyclic) bond motifs is 1. The first-order valence-corrected chi connectivity index (χ1v) is 8.35. The van der Waals surface area contributed by atoms with Crippen LogP contribution in [0.15, 0.2) is 39.9 Å². The lowest BCUT2D eigenvalue weighted by molar-refractivity contribution is -0.122. The minimum Gasteiger partial charge on any atom is -0.348 e. The van der Waals surface area contributed by atoms with Gasteiger partial charge in [0.05, 0.1) is 6.04 Å². The number of benzene rings is 1. The molecule has 9 heteroatoms. The van der Waals surface area contributed by atoms with E-state index < -0.39 is 11.2 Å². The molecule has 1 N–H and O–H groups in total. The Labute approximate surface area is 153 Å². The van der Waals surface area contributed by atoms with E-state index in [9.17, 15) is 14.4 Å². The Kier molecular flexibility index (Phi) is 4.69. The Morgan fingerprint density at radius 3 is 2.50 bits per heavy atom. The average Bonchev–Trinajstić information content (AvgIpc) is 2.95. The van der Waals surface area contributed by atoms with Gasteiger partial charge in [0, 0.05) is 14.1 Å². The molecular formula is C17H18ClN5O3. The number of hydrogen-bond donors (Lipinski definition) is 1. The molecule has 0 saturated heterocycles. The first kappa shape index (κ1) is 17.9. The smallest absolute Gasteiger partial charge is 0.332 e. The van der Waals surface area contributed by atoms with E-state index in [-0.39, 0.29) is 34.9 Å². The molecule has 0 aliphatic heterocycles. The maximum absolute atomic E-state index is 12.5. The van der Waals surface area contributed by atoms with Gasteiger partial charge in [-0.3, -0.25) is 23.3 Å². The average molecular weight is 376 g/mol. The van der Waals surface area contributed by atoms with Crippen molar-refractivity contribution in [2.24, 2.45) is 14.1 Å². The van der Waals surface area contributed by atoms with Crippen molar-refractivity contribution in [2.45, 2.75) is 19.5 Å². The summed E-state index contributed by atoms with van der Waals surface area (Å²) in [4.78, 5) is 41.0. The van der Waals surface area contributed by atoms with Gasteiger partial charge < -0.3 is 5.32 Å². The molecule has 1 aromatic carbocycles. The Hall–Kier alpha value is -2.87. The molecule has 1 atom stereocenters. The third-order valence-electron chi connectivity index (χ3n) is 4.28. The van der Waals surface area contributed by atoms with Gasteiger partial charge in [0.2, 0.25) is 11.2 Å². The normalized spacial score (nSPS) is 12.3. The molecule has 1 amide bonds. The van der Waals surface area contributed by atoms with Crippen molar-refractivity contribution >= 4 is 28.7 Å². The van der Waals surface area contributed by atoms with Crippen LogP contribution in [0.2, 0.25) is 5.28 Å². The topological polar surface area (TPSA) is 90.9 Å². The van der Waals surface area contributed by atoms with Crippen LogP contribution in [0.4, 0.5) is 0 Å². The molecule has 0 radical (unpaired) electrons. The molecule has 0 bridgehead atoms. The van der Waals surface area contributed by atoms with Crippen molar-refractivity contribution in [2.75, 3.05) is 0 Å². The fraction of sp³-hybridized carbons (Fsp3) is 0.294. The standard InChI is InChI=1S/C17H18ClN5O3/c1-10(11-7-5-4-6-8-11)19-12(24)9-23-13-14(20-16(23)18)21(2)17(26)22(3)15(13)25/h4-8,10H,9H2,1-3H3,(H,19,24)/t10-/m0/s1. The van der Waals surface area contributed by atoms with E-state index in [0.29, 0.717) is 0 Å². The molecule has 0 aliphatic rings. The van der Waals surface area contributed by atoms with Gasteiger partial charge in [-0.15, -0.1) is 0 Å². The van der Waals surface area contributed by atoms with E-state index in [0.717, 1.165) is 10.1 Å². The SMILES string of the molecule is C[C@H](NC(=O)Cn1c(Cl)nc2c1c(=O)n(C)c(=O)n2C)c1ccccc1. The fourth-order valence-corrected chi connectivity index (χ4v) is 3.04. The van der Waals surface area contributed by atoms with Crippen LogP contribution in [-0.2, 0) is 25.4 Å². The van der Waals surface area contributed by atoms with E-state index in [1.54, 1.807) is 0 Å². The Bertz CT molecular complexity index is 1100. The van der Waals surface area contributed by atoms with Gasteiger partial charge in [-0.1, -0.05) is 30.3 Å². The minimum atomic E-state index is -0.550. The molecule has 3 aromatic rings. The first-order valence-electron chi connectivity index (χ1n) is 7.97. The van der Waals surface area contributed by atoms with Gasteiger partial charge in [0.25, 0.3) is 5.56 Å². The van der Waals surface area contributed by atoms with Gasteiger partial charge in [0.15, 0.2) is 11.2 Å². The lowest BCUT2D eigenvalue weighted by Crippen LogP contribution is -2.38. The molecule has 3 rings (SSSR count). The van der Waals surface area contributed by atoms with Crippen LogP contribution < -0.4 is 16.6 Å². The first-order chi connectivity index (χ1) is 12.3. The number of aromatic nitrogens is 4. The van der Waals surface area contributed by atoms with Crippen molar-refractivity contribution in [1.82, 2.24) is 24.0 Å². The van der Waals surface area contributed by atoms with E-state index >= 15 is 0 Å². The summed E-state index contributed by atoms with van der Waals surface area (Å²) in [5.41, 5.74) is 0.159. The number of aryl methyl sites for hydroxylation is 1. The van der Waals surface area contributed by atoms with Crippen LogP contribution in [0, 0.1) is 0 Å². The van der Waals surface area contributed by atoms with Gasteiger partial charge in [0.1, 0.15) is 6.54 Å². The number of rotatable bonds is 4. The molecule has 0 saturated carbocycles. The van der Waals surface area contributed by atoms with Crippen LogP contribution in [0.1, 0.15) is 18.5 Å². The third-order valence-corrected chi connectivity index (χ3v) is 4.57. The van der Waals surface area contributed by atoms with Crippen molar-refractivity contribution in [3.63, 3.8) is 0 Å². The highest BCUT2D eigenvalue weighted by Gasteiger charge is 2.20. The van der Waals surface area contributed by atoms with Crippen LogP contribution in [0.25, 0.3) is 11.2 Å². The second kappa shape index (κ2) is 6.80. The zero-order valence-electron chi connectivity index (χ0n) is 14.6. The maximum Gasteiger partial charge on any atom is 0.332 e. The van der Waals surface area contributed by atoms with Gasteiger partial charge in [-0.25, -0.2) is 4.79 Å². The molecule has 136 valence electrons. The van der Waals surface area contributed by atoms with Crippen LogP contribution >= 0.6 is 11.6 Å². The van der Waals surface area contributed by atoms with Crippen molar-refractivity contribution < 1.29 is 4.79 Å². The number of halogens is 1. The molecule has 0 spiro atoms. The monoisotopic (exact) mass is 375 g/mol. The molecule has 26 heavy (non-hydrogen) atoms. The van der Waals surface area contributed by atoms with Gasteiger partial charge in [-0.05, 0) is 24.1 Å².